The van der Waals surface area contributed by atoms with Crippen molar-refractivity contribution in [1.29, 1.82) is 0 Å². The van der Waals surface area contributed by atoms with Crippen molar-refractivity contribution in [2.75, 3.05) is 46.4 Å². The molecule has 0 aliphatic carbocycles. The summed E-state index contributed by atoms with van der Waals surface area (Å²) in [6.07, 6.45) is 6.00. The first-order valence-electron chi connectivity index (χ1n) is 8.12. The molecule has 7 nitrogen and oxygen atoms in total. The van der Waals surface area contributed by atoms with E-state index in [0.29, 0.717) is 6.04 Å². The average molecular weight is 434 g/mol. The average Bonchev–Trinajstić information content (AvgIpc) is 3.02. The van der Waals surface area contributed by atoms with Crippen LogP contribution in [0.1, 0.15) is 12.2 Å². The molecule has 2 N–H and O–H groups in total. The summed E-state index contributed by atoms with van der Waals surface area (Å²) in [5, 5.41) is 6.93. The predicted octanol–water partition coefficient (Wildman–Crippen LogP) is 0.313. The predicted molar refractivity (Wildman–Crippen MR) is 102 cm³/mol. The molecule has 0 saturated carbocycles. The van der Waals surface area contributed by atoms with E-state index in [0.717, 1.165) is 70.6 Å². The number of ether oxygens (including phenoxy) is 1. The number of rotatable bonds is 4. The van der Waals surface area contributed by atoms with E-state index in [1.165, 1.54) is 0 Å². The van der Waals surface area contributed by atoms with Crippen LogP contribution in [-0.2, 0) is 17.7 Å². The maximum absolute atomic E-state index is 5.36. The molecule has 2 aliphatic rings. The first-order valence-corrected chi connectivity index (χ1v) is 8.12. The van der Waals surface area contributed by atoms with Crippen LogP contribution in [0.25, 0.3) is 0 Å². The van der Waals surface area contributed by atoms with Gasteiger partial charge in [0.25, 0.3) is 0 Å². The molecule has 1 saturated heterocycles. The lowest BCUT2D eigenvalue weighted by atomic mass is 10.1. The molecule has 0 spiro atoms. The Morgan fingerprint density at radius 1 is 1.39 bits per heavy atom. The van der Waals surface area contributed by atoms with Gasteiger partial charge in [0.15, 0.2) is 5.96 Å². The molecular weight excluding hydrogens is 407 g/mol. The number of aromatic nitrogens is 2. The number of guanidine groups is 1. The minimum Gasteiger partial charge on any atom is -0.379 e. The van der Waals surface area contributed by atoms with Crippen molar-refractivity contribution < 1.29 is 4.74 Å². The van der Waals surface area contributed by atoms with Crippen molar-refractivity contribution in [3.63, 3.8) is 0 Å². The number of hydrogen-bond donors (Lipinski definition) is 2. The fourth-order valence-corrected chi connectivity index (χ4v) is 3.02. The number of fused-ring (bicyclic) bond motifs is 1. The third-order valence-corrected chi connectivity index (χ3v) is 4.34. The molecule has 1 aromatic heterocycles. The van der Waals surface area contributed by atoms with Gasteiger partial charge in [-0.1, -0.05) is 0 Å². The highest BCUT2D eigenvalue weighted by Gasteiger charge is 2.19. The number of aryl methyl sites for hydroxylation is 1. The lowest BCUT2D eigenvalue weighted by Gasteiger charge is -2.28. The third kappa shape index (κ3) is 5.32. The summed E-state index contributed by atoms with van der Waals surface area (Å²) in [7, 11) is 1.83. The second-order valence-corrected chi connectivity index (χ2v) is 5.82. The first kappa shape index (κ1) is 18.5. The minimum atomic E-state index is 0. The van der Waals surface area contributed by atoms with Gasteiger partial charge in [0.2, 0.25) is 0 Å². The molecule has 1 fully saturated rings. The molecule has 23 heavy (non-hydrogen) atoms. The van der Waals surface area contributed by atoms with Crippen LogP contribution in [0.4, 0.5) is 0 Å². The fourth-order valence-electron chi connectivity index (χ4n) is 3.02. The van der Waals surface area contributed by atoms with Gasteiger partial charge in [0.1, 0.15) is 5.82 Å². The van der Waals surface area contributed by atoms with E-state index >= 15 is 0 Å². The molecule has 0 radical (unpaired) electrons. The zero-order valence-corrected chi connectivity index (χ0v) is 16.0. The summed E-state index contributed by atoms with van der Waals surface area (Å²) in [6, 6.07) is 0.407. The Morgan fingerprint density at radius 2 is 2.22 bits per heavy atom. The summed E-state index contributed by atoms with van der Waals surface area (Å²) >= 11 is 0. The number of nitrogens with one attached hydrogen (secondary N) is 2. The summed E-state index contributed by atoms with van der Waals surface area (Å²) in [5.74, 6) is 2.05. The fraction of sp³-hybridized carbons (Fsp3) is 0.733. The van der Waals surface area contributed by atoms with E-state index in [1.54, 1.807) is 0 Å². The largest absolute Gasteiger partial charge is 0.379 e. The normalized spacial score (nSPS) is 22.1. The van der Waals surface area contributed by atoms with E-state index in [2.05, 4.69) is 36.3 Å². The molecule has 130 valence electrons. The van der Waals surface area contributed by atoms with Crippen molar-refractivity contribution in [2.24, 2.45) is 4.99 Å². The van der Waals surface area contributed by atoms with Gasteiger partial charge in [-0.05, 0) is 6.42 Å². The van der Waals surface area contributed by atoms with Gasteiger partial charge in [-0.25, -0.2) is 4.98 Å². The lowest BCUT2D eigenvalue weighted by molar-refractivity contribution is 0.0389. The summed E-state index contributed by atoms with van der Waals surface area (Å²) in [4.78, 5) is 11.2. The molecule has 3 rings (SSSR count). The van der Waals surface area contributed by atoms with E-state index in [4.69, 9.17) is 4.74 Å². The zero-order chi connectivity index (χ0) is 15.2. The van der Waals surface area contributed by atoms with Gasteiger partial charge in [-0.3, -0.25) is 9.89 Å². The van der Waals surface area contributed by atoms with Crippen molar-refractivity contribution in [3.05, 3.63) is 18.2 Å². The molecule has 1 aromatic rings. The molecule has 0 bridgehead atoms. The van der Waals surface area contributed by atoms with Crippen LogP contribution in [-0.4, -0.2) is 72.9 Å². The maximum atomic E-state index is 5.36. The Hall–Kier alpha value is -0.870. The molecule has 8 heteroatoms. The van der Waals surface area contributed by atoms with Gasteiger partial charge in [0.05, 0.1) is 13.2 Å². The Bertz CT molecular complexity index is 500. The van der Waals surface area contributed by atoms with Crippen LogP contribution in [0.2, 0.25) is 0 Å². The third-order valence-electron chi connectivity index (χ3n) is 4.34. The molecule has 0 aromatic carbocycles. The quantitative estimate of drug-likeness (QED) is 0.406. The Labute approximate surface area is 154 Å². The van der Waals surface area contributed by atoms with Gasteiger partial charge in [-0.2, -0.15) is 0 Å². The monoisotopic (exact) mass is 434 g/mol. The molecule has 2 aliphatic heterocycles. The van der Waals surface area contributed by atoms with Gasteiger partial charge >= 0.3 is 0 Å². The van der Waals surface area contributed by atoms with Gasteiger partial charge in [-0.15, -0.1) is 24.0 Å². The van der Waals surface area contributed by atoms with Crippen molar-refractivity contribution in [3.8, 4) is 0 Å². The summed E-state index contributed by atoms with van der Waals surface area (Å²) < 4.78 is 7.59. The number of aliphatic imine (C=N–C) groups is 1. The second kappa shape index (κ2) is 9.43. The molecule has 1 atom stereocenters. The molecule has 3 heterocycles. The van der Waals surface area contributed by atoms with Crippen molar-refractivity contribution in [1.82, 2.24) is 25.1 Å². The Balaban J connectivity index is 0.00000192. The van der Waals surface area contributed by atoms with Crippen LogP contribution in [0.3, 0.4) is 0 Å². The van der Waals surface area contributed by atoms with Crippen molar-refractivity contribution in [2.45, 2.75) is 25.4 Å². The molecule has 0 amide bonds. The van der Waals surface area contributed by atoms with Crippen LogP contribution < -0.4 is 10.6 Å². The second-order valence-electron chi connectivity index (χ2n) is 5.82. The van der Waals surface area contributed by atoms with Crippen LogP contribution in [0.5, 0.6) is 0 Å². The maximum Gasteiger partial charge on any atom is 0.191 e. The van der Waals surface area contributed by atoms with Crippen LogP contribution in [0.15, 0.2) is 17.4 Å². The Kier molecular flexibility index (Phi) is 7.57. The highest BCUT2D eigenvalue weighted by atomic mass is 127. The SMILES string of the molecule is CN=C(NCCN1CCOCC1)NC1CCn2ccnc2C1.I. The number of halogens is 1. The Morgan fingerprint density at radius 3 is 3.00 bits per heavy atom. The smallest absolute Gasteiger partial charge is 0.191 e. The summed E-state index contributed by atoms with van der Waals surface area (Å²) in [6.45, 7) is 6.71. The lowest BCUT2D eigenvalue weighted by Crippen LogP contribution is -2.48. The van der Waals surface area contributed by atoms with Gasteiger partial charge < -0.3 is 19.9 Å². The van der Waals surface area contributed by atoms with E-state index < -0.39 is 0 Å². The first-order chi connectivity index (χ1) is 10.8. The summed E-state index contributed by atoms with van der Waals surface area (Å²) in [5.41, 5.74) is 0. The standard InChI is InChI=1S/C15H26N6O.HI/c1-16-15(18-3-6-20-8-10-22-11-9-20)19-13-2-5-21-7-4-17-14(21)12-13;/h4,7,13H,2-3,5-6,8-12H2,1H3,(H2,16,18,19);1H. The minimum absolute atomic E-state index is 0. The van der Waals surface area contributed by atoms with Gasteiger partial charge in [0, 0.05) is 64.6 Å². The number of hydrogen-bond acceptors (Lipinski definition) is 4. The van der Waals surface area contributed by atoms with Crippen LogP contribution in [0, 0.1) is 0 Å². The topological polar surface area (TPSA) is 66.7 Å². The number of morpholine rings is 1. The zero-order valence-electron chi connectivity index (χ0n) is 13.7. The van der Waals surface area contributed by atoms with E-state index in [1.807, 2.05) is 13.2 Å². The molecular formula is C15H27IN6O. The number of imidazole rings is 1. The van der Waals surface area contributed by atoms with Crippen LogP contribution >= 0.6 is 24.0 Å². The number of nitrogens with zero attached hydrogens (tertiary/aromatic N) is 4. The van der Waals surface area contributed by atoms with E-state index in [9.17, 15) is 0 Å². The molecule has 1 unspecified atom stereocenters. The highest BCUT2D eigenvalue weighted by Crippen LogP contribution is 2.12. The van der Waals surface area contributed by atoms with Crippen molar-refractivity contribution >= 4 is 29.9 Å². The highest BCUT2D eigenvalue weighted by molar-refractivity contribution is 14.0. The van der Waals surface area contributed by atoms with E-state index in [-0.39, 0.29) is 24.0 Å².